The zero-order chi connectivity index (χ0) is 13.7. The molecule has 0 aliphatic carbocycles. The maximum absolute atomic E-state index is 11.3. The van der Waals surface area contributed by atoms with Gasteiger partial charge in [0.25, 0.3) is 5.56 Å². The Labute approximate surface area is 115 Å². The van der Waals surface area contributed by atoms with Crippen molar-refractivity contribution in [1.29, 1.82) is 0 Å². The first-order chi connectivity index (χ1) is 9.17. The molecule has 1 aromatic heterocycles. The molecule has 0 saturated carbocycles. The molecule has 0 spiro atoms. The molecule has 4 N–H and O–H groups in total. The van der Waals surface area contributed by atoms with Crippen LogP contribution in [0.1, 0.15) is 12.5 Å². The van der Waals surface area contributed by atoms with Gasteiger partial charge in [0.1, 0.15) is 5.82 Å². The number of nitrogens with two attached hydrogens (primary N) is 1. The van der Waals surface area contributed by atoms with Crippen LogP contribution in [0.5, 0.6) is 0 Å². The first-order valence-corrected chi connectivity index (χ1v) is 6.83. The first kappa shape index (κ1) is 13.6. The topological polar surface area (TPSA) is 83.8 Å². The molecular formula is C13H16N4OS. The molecule has 6 heteroatoms. The van der Waals surface area contributed by atoms with Gasteiger partial charge in [-0.2, -0.15) is 0 Å². The van der Waals surface area contributed by atoms with Gasteiger partial charge in [-0.1, -0.05) is 30.8 Å². The Bertz CT molecular complexity index is 594. The molecule has 0 aliphatic rings. The summed E-state index contributed by atoms with van der Waals surface area (Å²) in [5, 5.41) is 3.77. The van der Waals surface area contributed by atoms with Crippen molar-refractivity contribution in [3.8, 4) is 0 Å². The lowest BCUT2D eigenvalue weighted by molar-refractivity contribution is 0.726. The predicted molar refractivity (Wildman–Crippen MR) is 77.2 cm³/mol. The Balaban J connectivity index is 2.08. The van der Waals surface area contributed by atoms with Crippen molar-refractivity contribution in [3.63, 3.8) is 0 Å². The van der Waals surface area contributed by atoms with E-state index < -0.39 is 0 Å². The number of H-pyrrole nitrogens is 1. The first-order valence-electron chi connectivity index (χ1n) is 6.01. The number of aromatic nitrogens is 2. The number of rotatable bonds is 5. The molecule has 100 valence electrons. The van der Waals surface area contributed by atoms with Gasteiger partial charge in [-0.15, -0.1) is 0 Å². The summed E-state index contributed by atoms with van der Waals surface area (Å²) in [6, 6.07) is 9.37. The molecule has 0 fully saturated rings. The lowest BCUT2D eigenvalue weighted by Gasteiger charge is -2.04. The summed E-state index contributed by atoms with van der Waals surface area (Å²) in [5.41, 5.74) is 6.52. The Kier molecular flexibility index (Phi) is 4.59. The van der Waals surface area contributed by atoms with Gasteiger partial charge in [-0.05, 0) is 24.2 Å². The summed E-state index contributed by atoms with van der Waals surface area (Å²) < 4.78 is 0. The van der Waals surface area contributed by atoms with Crippen LogP contribution in [-0.2, 0) is 6.54 Å². The molecular weight excluding hydrogens is 260 g/mol. The zero-order valence-electron chi connectivity index (χ0n) is 10.6. The number of hydrogen-bond acceptors (Lipinski definition) is 5. The Hall–Kier alpha value is -1.79. The summed E-state index contributed by atoms with van der Waals surface area (Å²) in [5.74, 6) is 0.231. The van der Waals surface area contributed by atoms with E-state index >= 15 is 0 Å². The predicted octanol–water partition coefficient (Wildman–Crippen LogP) is 1.61. The van der Waals surface area contributed by atoms with Gasteiger partial charge < -0.3 is 16.0 Å². The highest BCUT2D eigenvalue weighted by Crippen LogP contribution is 2.24. The monoisotopic (exact) mass is 276 g/mol. The SMILES string of the molecule is CCNCc1ccc(Sc2nc(N)cc(=O)[nH]2)cc1. The van der Waals surface area contributed by atoms with E-state index in [1.165, 1.54) is 23.4 Å². The summed E-state index contributed by atoms with van der Waals surface area (Å²) in [6.07, 6.45) is 0. The molecule has 2 aromatic rings. The average molecular weight is 276 g/mol. The lowest BCUT2D eigenvalue weighted by Crippen LogP contribution is -2.11. The van der Waals surface area contributed by atoms with Crippen LogP contribution in [0.3, 0.4) is 0 Å². The van der Waals surface area contributed by atoms with Gasteiger partial charge in [-0.3, -0.25) is 4.79 Å². The second-order valence-electron chi connectivity index (χ2n) is 4.00. The standard InChI is InChI=1S/C13H16N4OS/c1-2-15-8-9-3-5-10(6-4-9)19-13-16-11(14)7-12(18)17-13/h3-7,15H,2,8H2,1H3,(H3,14,16,17,18). The van der Waals surface area contributed by atoms with Crippen LogP contribution < -0.4 is 16.6 Å². The van der Waals surface area contributed by atoms with Crippen LogP contribution in [0, 0.1) is 0 Å². The van der Waals surface area contributed by atoms with E-state index in [-0.39, 0.29) is 11.4 Å². The molecule has 1 heterocycles. The third kappa shape index (κ3) is 4.11. The highest BCUT2D eigenvalue weighted by atomic mass is 32.2. The molecule has 1 aromatic carbocycles. The van der Waals surface area contributed by atoms with Crippen molar-refractivity contribution in [3.05, 3.63) is 46.2 Å². The number of benzene rings is 1. The van der Waals surface area contributed by atoms with E-state index in [0.29, 0.717) is 5.16 Å². The Morgan fingerprint density at radius 3 is 2.74 bits per heavy atom. The molecule has 0 saturated heterocycles. The number of nitrogens with one attached hydrogen (secondary N) is 2. The van der Waals surface area contributed by atoms with Crippen molar-refractivity contribution >= 4 is 17.6 Å². The molecule has 0 bridgehead atoms. The molecule has 0 amide bonds. The highest BCUT2D eigenvalue weighted by molar-refractivity contribution is 7.99. The number of hydrogen-bond donors (Lipinski definition) is 3. The van der Waals surface area contributed by atoms with Crippen molar-refractivity contribution in [1.82, 2.24) is 15.3 Å². The molecule has 19 heavy (non-hydrogen) atoms. The van der Waals surface area contributed by atoms with Crippen molar-refractivity contribution in [2.24, 2.45) is 0 Å². The van der Waals surface area contributed by atoms with E-state index in [2.05, 4.69) is 34.3 Å². The number of nitrogens with zero attached hydrogens (tertiary/aromatic N) is 1. The second-order valence-corrected chi connectivity index (χ2v) is 5.06. The Morgan fingerprint density at radius 2 is 2.11 bits per heavy atom. The molecule has 5 nitrogen and oxygen atoms in total. The van der Waals surface area contributed by atoms with Crippen LogP contribution in [0.25, 0.3) is 0 Å². The maximum atomic E-state index is 11.3. The van der Waals surface area contributed by atoms with Crippen molar-refractivity contribution in [2.75, 3.05) is 12.3 Å². The van der Waals surface area contributed by atoms with Crippen LogP contribution in [0.15, 0.2) is 45.2 Å². The molecule has 0 atom stereocenters. The van der Waals surface area contributed by atoms with Crippen LogP contribution >= 0.6 is 11.8 Å². The summed E-state index contributed by atoms with van der Waals surface area (Å²) >= 11 is 1.38. The van der Waals surface area contributed by atoms with E-state index in [9.17, 15) is 4.79 Å². The van der Waals surface area contributed by atoms with Gasteiger partial charge in [0.15, 0.2) is 5.16 Å². The van der Waals surface area contributed by atoms with Gasteiger partial charge >= 0.3 is 0 Å². The van der Waals surface area contributed by atoms with Crippen molar-refractivity contribution in [2.45, 2.75) is 23.5 Å². The smallest absolute Gasteiger partial charge is 0.253 e. The van der Waals surface area contributed by atoms with Crippen LogP contribution in [0.2, 0.25) is 0 Å². The Morgan fingerprint density at radius 1 is 1.37 bits per heavy atom. The zero-order valence-corrected chi connectivity index (χ0v) is 11.5. The number of aromatic amines is 1. The number of anilines is 1. The summed E-state index contributed by atoms with van der Waals surface area (Å²) in [6.45, 7) is 3.88. The van der Waals surface area contributed by atoms with Gasteiger partial charge in [0.05, 0.1) is 0 Å². The third-order valence-electron chi connectivity index (χ3n) is 2.46. The number of nitrogen functional groups attached to an aromatic ring is 1. The van der Waals surface area contributed by atoms with Gasteiger partial charge in [-0.25, -0.2) is 4.98 Å². The van der Waals surface area contributed by atoms with Crippen LogP contribution in [-0.4, -0.2) is 16.5 Å². The minimum atomic E-state index is -0.237. The largest absolute Gasteiger partial charge is 0.383 e. The molecule has 0 radical (unpaired) electrons. The van der Waals surface area contributed by atoms with E-state index in [4.69, 9.17) is 5.73 Å². The van der Waals surface area contributed by atoms with Crippen LogP contribution in [0.4, 0.5) is 5.82 Å². The molecule has 0 aliphatic heterocycles. The summed E-state index contributed by atoms with van der Waals surface area (Å²) in [4.78, 5) is 19.0. The fraction of sp³-hybridized carbons (Fsp3) is 0.231. The average Bonchev–Trinajstić information content (AvgIpc) is 2.37. The summed E-state index contributed by atoms with van der Waals surface area (Å²) in [7, 11) is 0. The van der Waals surface area contributed by atoms with E-state index in [1.54, 1.807) is 0 Å². The quantitative estimate of drug-likeness (QED) is 0.723. The van der Waals surface area contributed by atoms with E-state index in [1.807, 2.05) is 12.1 Å². The minimum Gasteiger partial charge on any atom is -0.383 e. The highest BCUT2D eigenvalue weighted by Gasteiger charge is 2.02. The third-order valence-corrected chi connectivity index (χ3v) is 3.35. The van der Waals surface area contributed by atoms with Gasteiger partial charge in [0, 0.05) is 17.5 Å². The van der Waals surface area contributed by atoms with Crippen molar-refractivity contribution < 1.29 is 0 Å². The lowest BCUT2D eigenvalue weighted by atomic mass is 10.2. The fourth-order valence-corrected chi connectivity index (χ4v) is 2.36. The second kappa shape index (κ2) is 6.40. The fourth-order valence-electron chi connectivity index (χ4n) is 1.56. The molecule has 2 rings (SSSR count). The molecule has 0 unspecified atom stereocenters. The maximum Gasteiger partial charge on any atom is 0.253 e. The minimum absolute atomic E-state index is 0.231. The normalized spacial score (nSPS) is 10.6. The van der Waals surface area contributed by atoms with E-state index in [0.717, 1.165) is 18.0 Å². The van der Waals surface area contributed by atoms with Gasteiger partial charge in [0.2, 0.25) is 0 Å².